The van der Waals surface area contributed by atoms with Crippen LogP contribution < -0.4 is 0 Å². The van der Waals surface area contributed by atoms with Gasteiger partial charge in [-0.05, 0) is 83.5 Å². The highest BCUT2D eigenvalue weighted by Gasteiger charge is 2.19. The van der Waals surface area contributed by atoms with Gasteiger partial charge in [0.2, 0.25) is 0 Å². The molecule has 0 aliphatic rings. The number of carbonyl (C=O) groups is 3. The highest BCUT2D eigenvalue weighted by Crippen LogP contribution is 2.18. The van der Waals surface area contributed by atoms with Crippen molar-refractivity contribution in [3.63, 3.8) is 0 Å². The van der Waals surface area contributed by atoms with Crippen molar-refractivity contribution in [2.45, 2.75) is 374 Å². The fourth-order valence-electron chi connectivity index (χ4n) is 10.4. The molecule has 6 nitrogen and oxygen atoms in total. The molecule has 81 heavy (non-hydrogen) atoms. The van der Waals surface area contributed by atoms with E-state index in [1.165, 1.54) is 225 Å². The van der Waals surface area contributed by atoms with Gasteiger partial charge in [-0.2, -0.15) is 0 Å². The lowest BCUT2D eigenvalue weighted by Crippen LogP contribution is -2.30. The molecule has 0 amide bonds. The van der Waals surface area contributed by atoms with Gasteiger partial charge >= 0.3 is 17.9 Å². The van der Waals surface area contributed by atoms with Crippen LogP contribution in [-0.4, -0.2) is 37.2 Å². The molecule has 0 aliphatic heterocycles. The molecule has 0 aromatic rings. The minimum absolute atomic E-state index is 0.0772. The average Bonchev–Trinajstić information content (AvgIpc) is 3.47. The predicted molar refractivity (Wildman–Crippen MR) is 353 cm³/mol. The Bertz CT molecular complexity index is 1490. The predicted octanol–water partition coefficient (Wildman–Crippen LogP) is 24.4. The average molecular weight is 1130 g/mol. The van der Waals surface area contributed by atoms with E-state index in [2.05, 4.69) is 93.7 Å². The van der Waals surface area contributed by atoms with Crippen molar-refractivity contribution in [2.24, 2.45) is 0 Å². The molecule has 0 radical (unpaired) electrons. The van der Waals surface area contributed by atoms with E-state index in [1.54, 1.807) is 0 Å². The van der Waals surface area contributed by atoms with Crippen molar-refractivity contribution in [1.29, 1.82) is 0 Å². The Hall–Kier alpha value is -3.15. The minimum atomic E-state index is -0.782. The van der Waals surface area contributed by atoms with E-state index in [0.717, 1.165) is 103 Å². The Kier molecular flexibility index (Phi) is 66.6. The molecule has 0 rings (SSSR count). The molecule has 470 valence electrons. The van der Waals surface area contributed by atoms with E-state index in [-0.39, 0.29) is 31.1 Å². The van der Waals surface area contributed by atoms with Crippen LogP contribution in [0.3, 0.4) is 0 Å². The van der Waals surface area contributed by atoms with E-state index < -0.39 is 6.10 Å². The number of hydrogen-bond acceptors (Lipinski definition) is 6. The summed E-state index contributed by atoms with van der Waals surface area (Å²) in [5, 5.41) is 0. The summed E-state index contributed by atoms with van der Waals surface area (Å²) in [4.78, 5) is 38.4. The highest BCUT2D eigenvalue weighted by atomic mass is 16.6. The van der Waals surface area contributed by atoms with Crippen molar-refractivity contribution in [2.75, 3.05) is 13.2 Å². The second kappa shape index (κ2) is 69.3. The summed E-state index contributed by atoms with van der Waals surface area (Å²) in [6.07, 6.45) is 90.7. The number of allylic oxidation sites excluding steroid dienone is 12. The zero-order valence-electron chi connectivity index (χ0n) is 54.1. The first-order valence-electron chi connectivity index (χ1n) is 35.4. The first-order valence-corrected chi connectivity index (χ1v) is 35.4. The van der Waals surface area contributed by atoms with Crippen molar-refractivity contribution in [1.82, 2.24) is 0 Å². The molecule has 0 bridgehead atoms. The number of rotatable bonds is 65. The lowest BCUT2D eigenvalue weighted by atomic mass is 10.0. The van der Waals surface area contributed by atoms with Crippen LogP contribution in [0, 0.1) is 0 Å². The standard InChI is InChI=1S/C75H134O6/c1-4-7-10-13-16-19-22-25-28-30-32-34-36-38-40-41-43-45-47-50-53-56-59-62-65-68-74(77)80-71-72(70-79-73(76)67-64-61-58-55-52-49-27-24-21-18-15-12-9-6-3)81-75(78)69-66-63-60-57-54-51-48-46-44-42-39-37-35-33-31-29-26-23-20-17-14-11-8-5-2/h7,10,15-16,18-19,24-25,27-28,32,34,72H,4-6,8-9,11-14,17,20-23,26,29-31,33,35-71H2,1-3H3/b10-7-,18-15-,19-16-,27-24-,28-25-,34-32-. The second-order valence-corrected chi connectivity index (χ2v) is 23.8. The van der Waals surface area contributed by atoms with E-state index >= 15 is 0 Å². The van der Waals surface area contributed by atoms with Crippen molar-refractivity contribution in [3.8, 4) is 0 Å². The Morgan fingerprint density at radius 3 is 0.790 bits per heavy atom. The summed E-state index contributed by atoms with van der Waals surface area (Å²) >= 11 is 0. The van der Waals surface area contributed by atoms with Crippen LogP contribution in [0.2, 0.25) is 0 Å². The van der Waals surface area contributed by atoms with E-state index in [9.17, 15) is 14.4 Å². The van der Waals surface area contributed by atoms with Crippen LogP contribution in [0.1, 0.15) is 367 Å². The summed E-state index contributed by atoms with van der Waals surface area (Å²) < 4.78 is 17.0. The number of hydrogen-bond donors (Lipinski definition) is 0. The third-order valence-electron chi connectivity index (χ3n) is 15.7. The van der Waals surface area contributed by atoms with Crippen LogP contribution in [-0.2, 0) is 28.6 Å². The molecular weight excluding hydrogens is 997 g/mol. The first-order chi connectivity index (χ1) is 40.0. The molecule has 0 saturated carbocycles. The van der Waals surface area contributed by atoms with Gasteiger partial charge in [0.1, 0.15) is 13.2 Å². The van der Waals surface area contributed by atoms with Gasteiger partial charge < -0.3 is 14.2 Å². The van der Waals surface area contributed by atoms with E-state index in [0.29, 0.717) is 19.3 Å². The van der Waals surface area contributed by atoms with Gasteiger partial charge in [0, 0.05) is 19.3 Å². The Balaban J connectivity index is 4.27. The smallest absolute Gasteiger partial charge is 0.306 e. The molecule has 0 spiro atoms. The number of carbonyl (C=O) groups excluding carboxylic acids is 3. The molecule has 0 saturated heterocycles. The first kappa shape index (κ1) is 77.9. The lowest BCUT2D eigenvalue weighted by Gasteiger charge is -2.18. The summed E-state index contributed by atoms with van der Waals surface area (Å²) in [6, 6.07) is 0. The number of esters is 3. The second-order valence-electron chi connectivity index (χ2n) is 23.8. The largest absolute Gasteiger partial charge is 0.462 e. The van der Waals surface area contributed by atoms with Gasteiger partial charge in [0.25, 0.3) is 0 Å². The summed E-state index contributed by atoms with van der Waals surface area (Å²) in [5.74, 6) is -0.871. The summed E-state index contributed by atoms with van der Waals surface area (Å²) in [7, 11) is 0. The Morgan fingerprint density at radius 1 is 0.259 bits per heavy atom. The summed E-state index contributed by atoms with van der Waals surface area (Å²) in [5.41, 5.74) is 0. The maximum Gasteiger partial charge on any atom is 0.306 e. The fraction of sp³-hybridized carbons (Fsp3) is 0.800. The molecule has 0 fully saturated rings. The molecule has 6 heteroatoms. The third-order valence-corrected chi connectivity index (χ3v) is 15.7. The van der Waals surface area contributed by atoms with Crippen LogP contribution in [0.25, 0.3) is 0 Å². The van der Waals surface area contributed by atoms with Gasteiger partial charge in [0.15, 0.2) is 6.10 Å². The molecule has 0 aromatic heterocycles. The van der Waals surface area contributed by atoms with Crippen LogP contribution >= 0.6 is 0 Å². The molecular formula is C75H134O6. The highest BCUT2D eigenvalue weighted by molar-refractivity contribution is 5.71. The molecule has 1 unspecified atom stereocenters. The maximum absolute atomic E-state index is 13.0. The quantitative estimate of drug-likeness (QED) is 0.0261. The van der Waals surface area contributed by atoms with Crippen molar-refractivity contribution < 1.29 is 28.6 Å². The summed E-state index contributed by atoms with van der Waals surface area (Å²) in [6.45, 7) is 6.53. The third kappa shape index (κ3) is 67.5. The Morgan fingerprint density at radius 2 is 0.494 bits per heavy atom. The topological polar surface area (TPSA) is 78.9 Å². The molecule has 0 N–H and O–H groups in total. The van der Waals surface area contributed by atoms with Crippen molar-refractivity contribution in [3.05, 3.63) is 72.9 Å². The normalized spacial score (nSPS) is 12.5. The molecule has 0 heterocycles. The minimum Gasteiger partial charge on any atom is -0.462 e. The maximum atomic E-state index is 13.0. The van der Waals surface area contributed by atoms with Gasteiger partial charge in [0.05, 0.1) is 0 Å². The zero-order valence-corrected chi connectivity index (χ0v) is 54.1. The fourth-order valence-corrected chi connectivity index (χ4v) is 10.4. The van der Waals surface area contributed by atoms with Gasteiger partial charge in [-0.3, -0.25) is 14.4 Å². The number of unbranched alkanes of at least 4 members (excludes halogenated alkanes) is 42. The van der Waals surface area contributed by atoms with Crippen LogP contribution in [0.5, 0.6) is 0 Å². The van der Waals surface area contributed by atoms with Crippen LogP contribution in [0.15, 0.2) is 72.9 Å². The van der Waals surface area contributed by atoms with Gasteiger partial charge in [-0.15, -0.1) is 0 Å². The lowest BCUT2D eigenvalue weighted by molar-refractivity contribution is -0.167. The zero-order chi connectivity index (χ0) is 58.5. The van der Waals surface area contributed by atoms with E-state index in [1.807, 2.05) is 0 Å². The Labute approximate surface area is 503 Å². The van der Waals surface area contributed by atoms with E-state index in [4.69, 9.17) is 14.2 Å². The number of ether oxygens (including phenoxy) is 3. The van der Waals surface area contributed by atoms with Crippen molar-refractivity contribution >= 4 is 17.9 Å². The monoisotopic (exact) mass is 1130 g/mol. The van der Waals surface area contributed by atoms with Gasteiger partial charge in [-0.25, -0.2) is 0 Å². The van der Waals surface area contributed by atoms with Gasteiger partial charge in [-0.1, -0.05) is 338 Å². The van der Waals surface area contributed by atoms with Crippen LogP contribution in [0.4, 0.5) is 0 Å². The SMILES string of the molecule is CC/C=C\C/C=C\C/C=C\C/C=C\CCCCCCCCCCCCCCC(=O)OCC(COC(=O)CCCCCCC/C=C\C/C=C\CCCC)OC(=O)CCCCCCCCCCCCCCCCCCCCCCCCCC. The molecule has 0 aromatic carbocycles. The molecule has 1 atom stereocenters. The molecule has 0 aliphatic carbocycles.